The number of rotatable bonds is 8. The third kappa shape index (κ3) is 4.69. The molecule has 1 aliphatic heterocycles. The van der Waals surface area contributed by atoms with Gasteiger partial charge in [0, 0.05) is 39.9 Å². The molecule has 0 radical (unpaired) electrons. The Morgan fingerprint density at radius 1 is 1.00 bits per heavy atom. The van der Waals surface area contributed by atoms with Gasteiger partial charge in [-0.2, -0.15) is 0 Å². The molecule has 0 spiro atoms. The van der Waals surface area contributed by atoms with E-state index >= 15 is 0 Å². The van der Waals surface area contributed by atoms with Gasteiger partial charge < -0.3 is 20.6 Å². The Morgan fingerprint density at radius 2 is 1.76 bits per heavy atom. The lowest BCUT2D eigenvalue weighted by atomic mass is 9.82. The summed E-state index contributed by atoms with van der Waals surface area (Å²) in [7, 11) is 0. The Hall–Kier alpha value is -3.06. The van der Waals surface area contributed by atoms with Crippen LogP contribution in [-0.4, -0.2) is 36.6 Å². The highest BCUT2D eigenvalue weighted by atomic mass is 35.5. The molecule has 3 aromatic carbocycles. The summed E-state index contributed by atoms with van der Waals surface area (Å²) in [5.74, 6) is -0.577. The van der Waals surface area contributed by atoms with E-state index in [4.69, 9.17) is 28.3 Å². The molecule has 170 valence electrons. The Kier molecular flexibility index (Phi) is 6.88. The van der Waals surface area contributed by atoms with E-state index in [0.29, 0.717) is 21.4 Å². The van der Waals surface area contributed by atoms with Gasteiger partial charge in [0.05, 0.1) is 13.2 Å². The molecule has 2 amide bonds. The van der Waals surface area contributed by atoms with Crippen molar-refractivity contribution in [3.05, 3.63) is 94.0 Å². The molecular formula is C25H23Cl2N3O3. The molecule has 1 atom stereocenters. The normalized spacial score (nSPS) is 16.8. The fraction of sp³-hybridized carbons (Fsp3) is 0.200. The number of benzene rings is 3. The number of hydrogen-bond acceptors (Lipinski definition) is 4. The number of para-hydroxylation sites is 1. The quantitative estimate of drug-likeness (QED) is 0.452. The van der Waals surface area contributed by atoms with Gasteiger partial charge in [-0.25, -0.2) is 0 Å². The third-order valence-electron chi connectivity index (χ3n) is 5.66. The largest absolute Gasteiger partial charge is 0.395 e. The van der Waals surface area contributed by atoms with E-state index in [1.54, 1.807) is 23.1 Å². The van der Waals surface area contributed by atoms with Crippen LogP contribution in [-0.2, 0) is 21.5 Å². The first-order valence-electron chi connectivity index (χ1n) is 10.5. The molecule has 33 heavy (non-hydrogen) atoms. The standard InChI is InChI=1S/C25H23Cl2N3O3/c26-18-6-4-5-17(13-18)15-25(21-10-9-19(27)14-22(21)29-24(25)33)30(16-23(32)28-11-12-31)20-7-2-1-3-8-20/h1-10,13-14,31H,11-12,15-16H2,(H,28,32)(H,29,33). The van der Waals surface area contributed by atoms with E-state index in [1.165, 1.54) is 0 Å². The van der Waals surface area contributed by atoms with Crippen LogP contribution < -0.4 is 15.5 Å². The number of aliphatic hydroxyl groups excluding tert-OH is 1. The SMILES string of the molecule is O=C(CN(c1ccccc1)C1(Cc2cccc(Cl)c2)C(=O)Nc2cc(Cl)ccc21)NCCO. The highest BCUT2D eigenvalue weighted by Crippen LogP contribution is 2.45. The van der Waals surface area contributed by atoms with Gasteiger partial charge in [-0.05, 0) is 42.0 Å². The van der Waals surface area contributed by atoms with E-state index < -0.39 is 5.54 Å². The highest BCUT2D eigenvalue weighted by molar-refractivity contribution is 6.31. The van der Waals surface area contributed by atoms with Crippen molar-refractivity contribution >= 4 is 46.4 Å². The first-order chi connectivity index (χ1) is 15.9. The van der Waals surface area contributed by atoms with E-state index in [0.717, 1.165) is 11.1 Å². The molecule has 1 aliphatic rings. The number of nitrogens with one attached hydrogen (secondary N) is 2. The van der Waals surface area contributed by atoms with E-state index in [9.17, 15) is 9.59 Å². The van der Waals surface area contributed by atoms with E-state index in [2.05, 4.69) is 10.6 Å². The van der Waals surface area contributed by atoms with Gasteiger partial charge >= 0.3 is 0 Å². The lowest BCUT2D eigenvalue weighted by Crippen LogP contribution is -2.56. The Morgan fingerprint density at radius 3 is 2.48 bits per heavy atom. The van der Waals surface area contributed by atoms with Crippen LogP contribution in [0.2, 0.25) is 10.0 Å². The molecule has 3 aromatic rings. The van der Waals surface area contributed by atoms with Crippen LogP contribution in [0, 0.1) is 0 Å². The number of nitrogens with zero attached hydrogens (tertiary/aromatic N) is 1. The summed E-state index contributed by atoms with van der Waals surface area (Å²) < 4.78 is 0. The van der Waals surface area contributed by atoms with Crippen molar-refractivity contribution in [2.75, 3.05) is 29.9 Å². The molecule has 0 saturated heterocycles. The minimum absolute atomic E-state index is 0.0972. The fourth-order valence-electron chi connectivity index (χ4n) is 4.26. The van der Waals surface area contributed by atoms with Crippen molar-refractivity contribution in [1.29, 1.82) is 0 Å². The van der Waals surface area contributed by atoms with E-state index in [1.807, 2.05) is 54.6 Å². The monoisotopic (exact) mass is 483 g/mol. The zero-order valence-corrected chi connectivity index (χ0v) is 19.2. The summed E-state index contributed by atoms with van der Waals surface area (Å²) >= 11 is 12.5. The van der Waals surface area contributed by atoms with Gasteiger partial charge in [-0.15, -0.1) is 0 Å². The zero-order chi connectivity index (χ0) is 23.4. The second-order valence-electron chi connectivity index (χ2n) is 7.81. The average molecular weight is 484 g/mol. The molecule has 1 heterocycles. The Bertz CT molecular complexity index is 1170. The van der Waals surface area contributed by atoms with Crippen molar-refractivity contribution in [3.63, 3.8) is 0 Å². The summed E-state index contributed by atoms with van der Waals surface area (Å²) in [6.07, 6.45) is 0.274. The van der Waals surface area contributed by atoms with Crippen LogP contribution in [0.1, 0.15) is 11.1 Å². The highest BCUT2D eigenvalue weighted by Gasteiger charge is 2.52. The molecule has 0 saturated carbocycles. The number of aliphatic hydroxyl groups is 1. The molecular weight excluding hydrogens is 461 g/mol. The summed E-state index contributed by atoms with van der Waals surface area (Å²) in [6, 6.07) is 21.9. The minimum Gasteiger partial charge on any atom is -0.395 e. The molecule has 0 aliphatic carbocycles. The summed E-state index contributed by atoms with van der Waals surface area (Å²) in [6.45, 7) is -0.145. The smallest absolute Gasteiger partial charge is 0.255 e. The van der Waals surface area contributed by atoms with Crippen molar-refractivity contribution in [2.24, 2.45) is 0 Å². The lowest BCUT2D eigenvalue weighted by molar-refractivity contribution is -0.122. The molecule has 0 bridgehead atoms. The van der Waals surface area contributed by atoms with Crippen LogP contribution in [0.25, 0.3) is 0 Å². The molecule has 8 heteroatoms. The van der Waals surface area contributed by atoms with Gasteiger partial charge in [0.2, 0.25) is 5.91 Å². The predicted molar refractivity (Wildman–Crippen MR) is 131 cm³/mol. The van der Waals surface area contributed by atoms with Crippen molar-refractivity contribution < 1.29 is 14.7 Å². The third-order valence-corrected chi connectivity index (χ3v) is 6.13. The number of carbonyl (C=O) groups excluding carboxylic acids is 2. The fourth-order valence-corrected chi connectivity index (χ4v) is 4.64. The number of hydrogen-bond donors (Lipinski definition) is 3. The van der Waals surface area contributed by atoms with E-state index in [-0.39, 0.29) is 37.9 Å². The zero-order valence-electron chi connectivity index (χ0n) is 17.7. The molecule has 4 rings (SSSR count). The van der Waals surface area contributed by atoms with Crippen LogP contribution in [0.5, 0.6) is 0 Å². The average Bonchev–Trinajstić information content (AvgIpc) is 3.07. The molecule has 0 fully saturated rings. The summed E-state index contributed by atoms with van der Waals surface area (Å²) in [5, 5.41) is 15.8. The molecule has 3 N–H and O–H groups in total. The minimum atomic E-state index is -1.23. The first kappa shape index (κ1) is 23.1. The second kappa shape index (κ2) is 9.83. The second-order valence-corrected chi connectivity index (χ2v) is 8.68. The maximum Gasteiger partial charge on any atom is 0.255 e. The van der Waals surface area contributed by atoms with Gasteiger partial charge in [0.1, 0.15) is 0 Å². The van der Waals surface area contributed by atoms with Crippen LogP contribution >= 0.6 is 23.2 Å². The number of amides is 2. The van der Waals surface area contributed by atoms with Crippen LogP contribution in [0.4, 0.5) is 11.4 Å². The molecule has 1 unspecified atom stereocenters. The lowest BCUT2D eigenvalue weighted by Gasteiger charge is -2.41. The number of carbonyl (C=O) groups is 2. The van der Waals surface area contributed by atoms with Gasteiger partial charge in [0.25, 0.3) is 5.91 Å². The Balaban J connectivity index is 1.90. The molecule has 0 aromatic heterocycles. The van der Waals surface area contributed by atoms with Gasteiger partial charge in [-0.3, -0.25) is 9.59 Å². The van der Waals surface area contributed by atoms with Gasteiger partial charge in [0.15, 0.2) is 5.54 Å². The molecule has 6 nitrogen and oxygen atoms in total. The first-order valence-corrected chi connectivity index (χ1v) is 11.3. The topological polar surface area (TPSA) is 81.7 Å². The van der Waals surface area contributed by atoms with Crippen molar-refractivity contribution in [3.8, 4) is 0 Å². The van der Waals surface area contributed by atoms with Crippen molar-refractivity contribution in [1.82, 2.24) is 5.32 Å². The number of anilines is 2. The summed E-state index contributed by atoms with van der Waals surface area (Å²) in [5.41, 5.74) is 1.64. The van der Waals surface area contributed by atoms with Gasteiger partial charge in [-0.1, -0.05) is 59.6 Å². The number of fused-ring (bicyclic) bond motifs is 1. The predicted octanol–water partition coefficient (Wildman–Crippen LogP) is 4.00. The van der Waals surface area contributed by atoms with Crippen LogP contribution in [0.15, 0.2) is 72.8 Å². The number of halogens is 2. The van der Waals surface area contributed by atoms with Crippen LogP contribution in [0.3, 0.4) is 0 Å². The Labute approximate surface area is 202 Å². The maximum absolute atomic E-state index is 13.8. The van der Waals surface area contributed by atoms with Crippen molar-refractivity contribution in [2.45, 2.75) is 12.0 Å². The summed E-state index contributed by atoms with van der Waals surface area (Å²) in [4.78, 5) is 28.4. The maximum atomic E-state index is 13.8.